The molecule has 174 valence electrons. The van der Waals surface area contributed by atoms with Gasteiger partial charge in [-0.3, -0.25) is 4.90 Å². The highest BCUT2D eigenvalue weighted by molar-refractivity contribution is 6.35. The number of rotatable bonds is 6. The number of aliphatic hydroxyl groups is 1. The Bertz CT molecular complexity index is 917. The number of anilines is 2. The first-order valence-corrected chi connectivity index (χ1v) is 12.7. The molecule has 1 aliphatic carbocycles. The molecule has 4 rings (SSSR count). The highest BCUT2D eigenvalue weighted by Gasteiger charge is 2.29. The zero-order valence-corrected chi connectivity index (χ0v) is 20.8. The third-order valence-corrected chi connectivity index (χ3v) is 7.85. The summed E-state index contributed by atoms with van der Waals surface area (Å²) in [5.41, 5.74) is 3.07. The lowest BCUT2D eigenvalue weighted by molar-refractivity contribution is 0.0961. The second-order valence-corrected chi connectivity index (χ2v) is 10.3. The smallest absolute Gasteiger partial charge is 0.0639 e. The fourth-order valence-electron chi connectivity index (χ4n) is 5.09. The van der Waals surface area contributed by atoms with E-state index in [4.69, 9.17) is 34.8 Å². The number of nitrogens with one attached hydrogen (secondary N) is 1. The fraction of sp³-hybridized carbons (Fsp3) is 0.520. The Morgan fingerprint density at radius 3 is 2.50 bits per heavy atom. The minimum absolute atomic E-state index is 0.00450. The third kappa shape index (κ3) is 5.66. The van der Waals surface area contributed by atoms with Crippen molar-refractivity contribution in [1.29, 1.82) is 0 Å². The molecule has 0 radical (unpaired) electrons. The maximum absolute atomic E-state index is 9.55. The van der Waals surface area contributed by atoms with Gasteiger partial charge in [0, 0.05) is 54.6 Å². The SMILES string of the molecule is C[C@@H](Nc1cc(N2CCN(C3CCC[C@H](CO)C3)CC2)ccc1Cl)c1ccc(Cl)cc1Cl. The first kappa shape index (κ1) is 24.0. The number of nitrogens with zero attached hydrogens (tertiary/aromatic N) is 2. The van der Waals surface area contributed by atoms with Gasteiger partial charge in [-0.1, -0.05) is 47.3 Å². The summed E-state index contributed by atoms with van der Waals surface area (Å²) in [4.78, 5) is 5.06. The Hall–Kier alpha value is -1.17. The molecule has 1 saturated heterocycles. The molecule has 1 saturated carbocycles. The molecular weight excluding hydrogens is 465 g/mol. The van der Waals surface area contributed by atoms with Crippen molar-refractivity contribution in [2.24, 2.45) is 5.92 Å². The molecule has 7 heteroatoms. The Labute approximate surface area is 206 Å². The topological polar surface area (TPSA) is 38.7 Å². The molecule has 0 amide bonds. The predicted octanol–water partition coefficient (Wildman–Crippen LogP) is 6.49. The summed E-state index contributed by atoms with van der Waals surface area (Å²) in [5, 5.41) is 15.0. The van der Waals surface area contributed by atoms with Crippen molar-refractivity contribution in [1.82, 2.24) is 4.90 Å². The number of benzene rings is 2. The van der Waals surface area contributed by atoms with E-state index in [2.05, 4.69) is 34.2 Å². The van der Waals surface area contributed by atoms with Crippen molar-refractivity contribution >= 4 is 46.2 Å². The van der Waals surface area contributed by atoms with Gasteiger partial charge in [-0.2, -0.15) is 0 Å². The van der Waals surface area contributed by atoms with Crippen LogP contribution in [0.4, 0.5) is 11.4 Å². The van der Waals surface area contributed by atoms with Crippen molar-refractivity contribution in [3.63, 3.8) is 0 Å². The lowest BCUT2D eigenvalue weighted by atomic mass is 9.85. The molecule has 0 aromatic heterocycles. The molecule has 2 N–H and O–H groups in total. The van der Waals surface area contributed by atoms with Crippen LogP contribution < -0.4 is 10.2 Å². The van der Waals surface area contributed by atoms with Crippen molar-refractivity contribution in [2.75, 3.05) is 43.0 Å². The molecular formula is C25H32Cl3N3O. The fourth-order valence-corrected chi connectivity index (χ4v) is 5.83. The van der Waals surface area contributed by atoms with Crippen LogP contribution in [-0.4, -0.2) is 48.8 Å². The normalized spacial score (nSPS) is 23.2. The van der Waals surface area contributed by atoms with Gasteiger partial charge >= 0.3 is 0 Å². The van der Waals surface area contributed by atoms with E-state index >= 15 is 0 Å². The molecule has 2 aromatic rings. The van der Waals surface area contributed by atoms with Crippen LogP contribution in [0.5, 0.6) is 0 Å². The second kappa shape index (κ2) is 10.8. The second-order valence-electron chi connectivity index (χ2n) is 9.09. The van der Waals surface area contributed by atoms with Crippen LogP contribution in [-0.2, 0) is 0 Å². The number of hydrogen-bond donors (Lipinski definition) is 2. The minimum Gasteiger partial charge on any atom is -0.396 e. The largest absolute Gasteiger partial charge is 0.396 e. The monoisotopic (exact) mass is 495 g/mol. The quantitative estimate of drug-likeness (QED) is 0.479. The summed E-state index contributed by atoms with van der Waals surface area (Å²) < 4.78 is 0. The van der Waals surface area contributed by atoms with E-state index in [1.807, 2.05) is 18.2 Å². The van der Waals surface area contributed by atoms with Gasteiger partial charge < -0.3 is 15.3 Å². The first-order valence-electron chi connectivity index (χ1n) is 11.6. The van der Waals surface area contributed by atoms with Crippen LogP contribution in [0.25, 0.3) is 0 Å². The Balaban J connectivity index is 1.39. The van der Waals surface area contributed by atoms with Gasteiger partial charge in [-0.05, 0) is 68.0 Å². The van der Waals surface area contributed by atoms with Crippen molar-refractivity contribution in [3.8, 4) is 0 Å². The average Bonchev–Trinajstić information content (AvgIpc) is 2.80. The van der Waals surface area contributed by atoms with Gasteiger partial charge in [-0.25, -0.2) is 0 Å². The predicted molar refractivity (Wildman–Crippen MR) is 137 cm³/mol. The molecule has 1 aliphatic heterocycles. The molecule has 2 aromatic carbocycles. The van der Waals surface area contributed by atoms with Crippen LogP contribution in [0.3, 0.4) is 0 Å². The molecule has 0 bridgehead atoms. The Morgan fingerprint density at radius 2 is 1.78 bits per heavy atom. The third-order valence-electron chi connectivity index (χ3n) is 6.96. The molecule has 2 aliphatic rings. The van der Waals surface area contributed by atoms with E-state index in [0.29, 0.717) is 33.6 Å². The highest BCUT2D eigenvalue weighted by atomic mass is 35.5. The van der Waals surface area contributed by atoms with E-state index in [0.717, 1.165) is 43.9 Å². The van der Waals surface area contributed by atoms with Crippen molar-refractivity contribution in [3.05, 3.63) is 57.0 Å². The summed E-state index contributed by atoms with van der Waals surface area (Å²) in [7, 11) is 0. The molecule has 0 spiro atoms. The van der Waals surface area contributed by atoms with Crippen LogP contribution >= 0.6 is 34.8 Å². The molecule has 1 unspecified atom stereocenters. The molecule has 32 heavy (non-hydrogen) atoms. The van der Waals surface area contributed by atoms with E-state index in [1.54, 1.807) is 6.07 Å². The minimum atomic E-state index is -0.00450. The van der Waals surface area contributed by atoms with Crippen molar-refractivity contribution in [2.45, 2.75) is 44.7 Å². The summed E-state index contributed by atoms with van der Waals surface area (Å²) in [6.07, 6.45) is 4.80. The standard InChI is InChI=1S/C25H32Cl3N3O/c1-17(22-7-5-19(26)14-24(22)28)29-25-15-21(6-8-23(25)27)31-11-9-30(10-12-31)20-4-2-3-18(13-20)16-32/h5-8,14-15,17-18,20,29,32H,2-4,9-13,16H2,1H3/t17-,18+,20?/m1/s1. The zero-order chi connectivity index (χ0) is 22.7. The maximum atomic E-state index is 9.55. The maximum Gasteiger partial charge on any atom is 0.0639 e. The van der Waals surface area contributed by atoms with Gasteiger partial charge in [0.15, 0.2) is 0 Å². The van der Waals surface area contributed by atoms with Gasteiger partial charge in [0.25, 0.3) is 0 Å². The Morgan fingerprint density at radius 1 is 1.00 bits per heavy atom. The Kier molecular flexibility index (Phi) is 8.12. The highest BCUT2D eigenvalue weighted by Crippen LogP contribution is 2.34. The summed E-state index contributed by atoms with van der Waals surface area (Å²) >= 11 is 19.0. The lowest BCUT2D eigenvalue weighted by Crippen LogP contribution is -2.51. The van der Waals surface area contributed by atoms with E-state index in [9.17, 15) is 5.11 Å². The molecule has 3 atom stereocenters. The van der Waals surface area contributed by atoms with Gasteiger partial charge in [-0.15, -0.1) is 0 Å². The summed E-state index contributed by atoms with van der Waals surface area (Å²) in [6, 6.07) is 12.4. The van der Waals surface area contributed by atoms with Crippen molar-refractivity contribution < 1.29 is 5.11 Å². The van der Waals surface area contributed by atoms with E-state index in [-0.39, 0.29) is 6.04 Å². The van der Waals surface area contributed by atoms with Crippen LogP contribution in [0.2, 0.25) is 15.1 Å². The van der Waals surface area contributed by atoms with Gasteiger partial charge in [0.1, 0.15) is 0 Å². The molecule has 1 heterocycles. The average molecular weight is 497 g/mol. The number of aliphatic hydroxyl groups excluding tert-OH is 1. The number of halogens is 3. The van der Waals surface area contributed by atoms with E-state index in [1.165, 1.54) is 24.9 Å². The van der Waals surface area contributed by atoms with Crippen LogP contribution in [0, 0.1) is 5.92 Å². The number of hydrogen-bond acceptors (Lipinski definition) is 4. The lowest BCUT2D eigenvalue weighted by Gasteiger charge is -2.43. The van der Waals surface area contributed by atoms with Gasteiger partial charge in [0.2, 0.25) is 0 Å². The van der Waals surface area contributed by atoms with Crippen LogP contribution in [0.1, 0.15) is 44.2 Å². The first-order chi connectivity index (χ1) is 15.4. The molecule has 2 fully saturated rings. The zero-order valence-electron chi connectivity index (χ0n) is 18.5. The summed E-state index contributed by atoms with van der Waals surface area (Å²) in [5.74, 6) is 0.479. The number of piperazine rings is 1. The van der Waals surface area contributed by atoms with Gasteiger partial charge in [0.05, 0.1) is 16.8 Å². The van der Waals surface area contributed by atoms with Crippen LogP contribution in [0.15, 0.2) is 36.4 Å². The summed E-state index contributed by atoms with van der Waals surface area (Å²) in [6.45, 7) is 6.52. The molecule has 4 nitrogen and oxygen atoms in total. The van der Waals surface area contributed by atoms with E-state index < -0.39 is 0 Å².